The summed E-state index contributed by atoms with van der Waals surface area (Å²) in [6, 6.07) is 12.0. The van der Waals surface area contributed by atoms with E-state index in [4.69, 9.17) is 0 Å². The molecule has 1 aliphatic rings. The van der Waals surface area contributed by atoms with E-state index < -0.39 is 5.82 Å². The van der Waals surface area contributed by atoms with Crippen molar-refractivity contribution in [3.63, 3.8) is 0 Å². The minimum atomic E-state index is -0.449. The van der Waals surface area contributed by atoms with Crippen LogP contribution >= 0.6 is 11.8 Å². The van der Waals surface area contributed by atoms with Crippen molar-refractivity contribution in [3.8, 4) is 0 Å². The van der Waals surface area contributed by atoms with Crippen molar-refractivity contribution < 1.29 is 13.6 Å². The van der Waals surface area contributed by atoms with Crippen LogP contribution in [0.1, 0.15) is 21.3 Å². The molecule has 0 N–H and O–H groups in total. The van der Waals surface area contributed by atoms with Crippen molar-refractivity contribution in [1.29, 1.82) is 0 Å². The van der Waals surface area contributed by atoms with Gasteiger partial charge in [-0.05, 0) is 24.3 Å². The number of carbonyl (C=O) groups is 1. The highest BCUT2D eigenvalue weighted by Gasteiger charge is 2.32. The second kappa shape index (κ2) is 5.85. The largest absolute Gasteiger partial charge is 0.322 e. The van der Waals surface area contributed by atoms with E-state index in [1.165, 1.54) is 36.0 Å². The Bertz CT molecular complexity index is 677. The monoisotopic (exact) mass is 305 g/mol. The molecule has 21 heavy (non-hydrogen) atoms. The number of hydrogen-bond donors (Lipinski definition) is 0. The van der Waals surface area contributed by atoms with Crippen molar-refractivity contribution in [2.45, 2.75) is 5.37 Å². The highest BCUT2D eigenvalue weighted by Crippen LogP contribution is 2.39. The van der Waals surface area contributed by atoms with Crippen molar-refractivity contribution >= 4 is 17.7 Å². The standard InChI is InChI=1S/C16H13F2NOS/c17-12-5-3-4-11(10-12)15(20)19-8-9-21-16(19)13-6-1-2-7-14(13)18/h1-7,10,16H,8-9H2/t16-/m0/s1. The van der Waals surface area contributed by atoms with Crippen LogP contribution < -0.4 is 0 Å². The number of thioether (sulfide) groups is 1. The van der Waals surface area contributed by atoms with E-state index in [-0.39, 0.29) is 17.1 Å². The van der Waals surface area contributed by atoms with Gasteiger partial charge >= 0.3 is 0 Å². The third kappa shape index (κ3) is 2.78. The number of amides is 1. The van der Waals surface area contributed by atoms with Gasteiger partial charge in [0.2, 0.25) is 0 Å². The summed E-state index contributed by atoms with van der Waals surface area (Å²) in [6.45, 7) is 0.527. The molecule has 0 aliphatic carbocycles. The fourth-order valence-electron chi connectivity index (χ4n) is 2.40. The van der Waals surface area contributed by atoms with E-state index in [0.29, 0.717) is 17.7 Å². The lowest BCUT2D eigenvalue weighted by molar-refractivity contribution is 0.0758. The summed E-state index contributed by atoms with van der Waals surface area (Å²) in [7, 11) is 0. The van der Waals surface area contributed by atoms with Crippen LogP contribution in [-0.4, -0.2) is 23.1 Å². The summed E-state index contributed by atoms with van der Waals surface area (Å²) in [5, 5.41) is -0.359. The molecule has 2 aromatic rings. The van der Waals surface area contributed by atoms with E-state index in [1.807, 2.05) is 0 Å². The first-order chi connectivity index (χ1) is 10.2. The highest BCUT2D eigenvalue weighted by molar-refractivity contribution is 7.99. The predicted molar refractivity (Wildman–Crippen MR) is 79.0 cm³/mol. The van der Waals surface area contributed by atoms with Crippen LogP contribution in [0.25, 0.3) is 0 Å². The Kier molecular flexibility index (Phi) is 3.92. The molecule has 0 bridgehead atoms. The average Bonchev–Trinajstić information content (AvgIpc) is 2.96. The van der Waals surface area contributed by atoms with Gasteiger partial charge in [-0.2, -0.15) is 0 Å². The molecule has 1 amide bonds. The lowest BCUT2D eigenvalue weighted by atomic mass is 10.1. The molecule has 5 heteroatoms. The van der Waals surface area contributed by atoms with Crippen LogP contribution in [0.3, 0.4) is 0 Å². The third-order valence-corrected chi connectivity index (χ3v) is 4.64. The topological polar surface area (TPSA) is 20.3 Å². The number of rotatable bonds is 2. The zero-order chi connectivity index (χ0) is 14.8. The molecule has 0 spiro atoms. The van der Waals surface area contributed by atoms with Crippen LogP contribution in [0.2, 0.25) is 0 Å². The molecular formula is C16H13F2NOS. The molecule has 0 radical (unpaired) electrons. The maximum atomic E-state index is 13.9. The van der Waals surface area contributed by atoms with Gasteiger partial charge in [-0.3, -0.25) is 4.79 Å². The molecule has 1 saturated heterocycles. The second-order valence-corrected chi connectivity index (χ2v) is 5.94. The van der Waals surface area contributed by atoms with Crippen LogP contribution in [-0.2, 0) is 0 Å². The Morgan fingerprint density at radius 1 is 1.14 bits per heavy atom. The summed E-state index contributed by atoms with van der Waals surface area (Å²) in [5.74, 6) is -0.308. The quantitative estimate of drug-likeness (QED) is 0.840. The smallest absolute Gasteiger partial charge is 0.255 e. The lowest BCUT2D eigenvalue weighted by Crippen LogP contribution is -2.30. The van der Waals surface area contributed by atoms with Crippen LogP contribution in [0, 0.1) is 11.6 Å². The molecule has 3 rings (SSSR count). The van der Waals surface area contributed by atoms with Gasteiger partial charge < -0.3 is 4.90 Å². The number of hydrogen-bond acceptors (Lipinski definition) is 2. The first-order valence-corrected chi connectivity index (χ1v) is 7.64. The van der Waals surface area contributed by atoms with Crippen molar-refractivity contribution in [3.05, 3.63) is 71.3 Å². The van der Waals surface area contributed by atoms with E-state index >= 15 is 0 Å². The molecule has 1 heterocycles. The van der Waals surface area contributed by atoms with Gasteiger partial charge in [0.15, 0.2) is 0 Å². The van der Waals surface area contributed by atoms with E-state index in [1.54, 1.807) is 29.2 Å². The van der Waals surface area contributed by atoms with Crippen LogP contribution in [0.5, 0.6) is 0 Å². The zero-order valence-corrected chi connectivity index (χ0v) is 11.9. The summed E-state index contributed by atoms with van der Waals surface area (Å²) in [5.41, 5.74) is 0.781. The molecule has 1 fully saturated rings. The van der Waals surface area contributed by atoms with Crippen LogP contribution in [0.4, 0.5) is 8.78 Å². The fraction of sp³-hybridized carbons (Fsp3) is 0.188. The van der Waals surface area contributed by atoms with E-state index in [9.17, 15) is 13.6 Å². The molecule has 0 aromatic heterocycles. The second-order valence-electron chi connectivity index (χ2n) is 4.75. The first-order valence-electron chi connectivity index (χ1n) is 6.59. The molecule has 2 aromatic carbocycles. The third-order valence-electron chi connectivity index (χ3n) is 3.39. The molecule has 2 nitrogen and oxygen atoms in total. The maximum Gasteiger partial charge on any atom is 0.255 e. The van der Waals surface area contributed by atoms with E-state index in [0.717, 1.165) is 5.75 Å². The summed E-state index contributed by atoms with van der Waals surface area (Å²) in [4.78, 5) is 14.1. The van der Waals surface area contributed by atoms with Crippen molar-refractivity contribution in [1.82, 2.24) is 4.90 Å². The summed E-state index contributed by atoms with van der Waals surface area (Å²) >= 11 is 1.52. The molecular weight excluding hydrogens is 292 g/mol. The van der Waals surface area contributed by atoms with Gasteiger partial charge in [-0.15, -0.1) is 11.8 Å². The molecule has 108 valence electrons. The lowest BCUT2D eigenvalue weighted by Gasteiger charge is -2.24. The van der Waals surface area contributed by atoms with Gasteiger partial charge in [0.05, 0.1) is 0 Å². The highest BCUT2D eigenvalue weighted by atomic mass is 32.2. The minimum absolute atomic E-state index is 0.271. The van der Waals surface area contributed by atoms with Gasteiger partial charge in [0, 0.05) is 23.4 Å². The average molecular weight is 305 g/mol. The number of nitrogens with zero attached hydrogens (tertiary/aromatic N) is 1. The van der Waals surface area contributed by atoms with Crippen LogP contribution in [0.15, 0.2) is 48.5 Å². The normalized spacial score (nSPS) is 18.0. The number of benzene rings is 2. The summed E-state index contributed by atoms with van der Waals surface area (Å²) < 4.78 is 27.2. The SMILES string of the molecule is O=C(c1cccc(F)c1)N1CCS[C@H]1c1ccccc1F. The van der Waals surface area contributed by atoms with Gasteiger partial charge in [-0.25, -0.2) is 8.78 Å². The molecule has 1 atom stereocenters. The number of halogens is 2. The maximum absolute atomic E-state index is 13.9. The Morgan fingerprint density at radius 2 is 1.95 bits per heavy atom. The van der Waals surface area contributed by atoms with Crippen molar-refractivity contribution in [2.24, 2.45) is 0 Å². The Balaban J connectivity index is 1.91. The summed E-state index contributed by atoms with van der Waals surface area (Å²) in [6.07, 6.45) is 0. The first kappa shape index (κ1) is 14.1. The van der Waals surface area contributed by atoms with Gasteiger partial charge in [-0.1, -0.05) is 24.3 Å². The Labute approximate surface area is 125 Å². The van der Waals surface area contributed by atoms with Crippen molar-refractivity contribution in [2.75, 3.05) is 12.3 Å². The fourth-order valence-corrected chi connectivity index (χ4v) is 3.68. The molecule has 1 aliphatic heterocycles. The Hall–Kier alpha value is -1.88. The molecule has 0 unspecified atom stereocenters. The zero-order valence-electron chi connectivity index (χ0n) is 11.1. The molecule has 0 saturated carbocycles. The number of carbonyl (C=O) groups excluding carboxylic acids is 1. The predicted octanol–water partition coefficient (Wildman–Crippen LogP) is 3.85. The van der Waals surface area contributed by atoms with Gasteiger partial charge in [0.25, 0.3) is 5.91 Å². The minimum Gasteiger partial charge on any atom is -0.322 e. The van der Waals surface area contributed by atoms with Gasteiger partial charge in [0.1, 0.15) is 17.0 Å². The van der Waals surface area contributed by atoms with E-state index in [2.05, 4.69) is 0 Å². The Morgan fingerprint density at radius 3 is 2.71 bits per heavy atom.